The van der Waals surface area contributed by atoms with Crippen LogP contribution in [0.1, 0.15) is 37.5 Å². The highest BCUT2D eigenvalue weighted by molar-refractivity contribution is 6.31. The second kappa shape index (κ2) is 14.5. The lowest BCUT2D eigenvalue weighted by molar-refractivity contribution is -0.128. The zero-order valence-corrected chi connectivity index (χ0v) is 29.0. The van der Waals surface area contributed by atoms with E-state index in [1.54, 1.807) is 18.2 Å². The molecule has 2 N–H and O–H groups in total. The minimum atomic E-state index is -4.67. The zero-order valence-electron chi connectivity index (χ0n) is 28.2. The summed E-state index contributed by atoms with van der Waals surface area (Å²) in [6, 6.07) is 19.6. The summed E-state index contributed by atoms with van der Waals surface area (Å²) in [6.07, 6.45) is -2.63. The van der Waals surface area contributed by atoms with Crippen LogP contribution in [0.2, 0.25) is 5.02 Å². The number of benzene rings is 3. The average Bonchev–Trinajstić information content (AvgIpc) is 3.76. The van der Waals surface area contributed by atoms with Crippen LogP contribution in [0.5, 0.6) is 5.75 Å². The number of carbonyl (C=O) groups excluding carboxylic acids is 2. The maximum absolute atomic E-state index is 14.8. The van der Waals surface area contributed by atoms with Gasteiger partial charge in [0.1, 0.15) is 5.75 Å². The van der Waals surface area contributed by atoms with Crippen LogP contribution in [-0.4, -0.2) is 86.6 Å². The number of hydrogen-bond donors (Lipinski definition) is 2. The number of H-pyrrole nitrogens is 1. The normalized spacial score (nSPS) is 16.5. The number of phenolic OH excluding ortho intramolecular Hbond substituents is 1. The monoisotopic (exact) mass is 732 g/mol. The highest BCUT2D eigenvalue weighted by Gasteiger charge is 2.37. The van der Waals surface area contributed by atoms with Crippen LogP contribution >= 0.6 is 11.6 Å². The molecule has 0 radical (unpaired) electrons. The Morgan fingerprint density at radius 3 is 2.42 bits per heavy atom. The fourth-order valence-electron chi connectivity index (χ4n) is 7.10. The highest BCUT2D eigenvalue weighted by atomic mass is 35.5. The third-order valence-corrected chi connectivity index (χ3v) is 9.92. The summed E-state index contributed by atoms with van der Waals surface area (Å²) in [5, 5.41) is 16.7. The Labute approximate surface area is 303 Å². The lowest BCUT2D eigenvalue weighted by atomic mass is 9.92. The van der Waals surface area contributed by atoms with Gasteiger partial charge in [0.05, 0.1) is 37.1 Å². The first-order chi connectivity index (χ1) is 25.0. The predicted octanol–water partition coefficient (Wildman–Crippen LogP) is 6.76. The van der Waals surface area contributed by atoms with Gasteiger partial charge in [0, 0.05) is 78.7 Å². The topological polar surface area (TPSA) is 107 Å². The molecule has 4 heterocycles. The number of alkyl halides is 3. The molecule has 2 aliphatic heterocycles. The molecule has 2 amide bonds. The van der Waals surface area contributed by atoms with Gasteiger partial charge in [0.2, 0.25) is 0 Å². The molecular formula is C38H36ClF3N6O4. The van der Waals surface area contributed by atoms with Crippen LogP contribution < -0.4 is 4.90 Å². The van der Waals surface area contributed by atoms with Gasteiger partial charge < -0.3 is 19.3 Å². The van der Waals surface area contributed by atoms with Crippen LogP contribution in [0.4, 0.5) is 24.5 Å². The van der Waals surface area contributed by atoms with E-state index in [0.717, 1.165) is 18.7 Å². The number of amides is 2. The smallest absolute Gasteiger partial charge is 0.394 e. The minimum Gasteiger partial charge on any atom is -0.508 e. The van der Waals surface area contributed by atoms with Crippen LogP contribution in [0.3, 0.4) is 0 Å². The van der Waals surface area contributed by atoms with Crippen LogP contribution in [0.25, 0.3) is 11.3 Å². The van der Waals surface area contributed by atoms with Crippen molar-refractivity contribution in [2.24, 2.45) is 7.05 Å². The Morgan fingerprint density at radius 1 is 1.00 bits per heavy atom. The molecule has 270 valence electrons. The van der Waals surface area contributed by atoms with Gasteiger partial charge in [-0.1, -0.05) is 35.9 Å². The number of carbonyl (C=O) groups is 2. The van der Waals surface area contributed by atoms with E-state index < -0.39 is 18.5 Å². The van der Waals surface area contributed by atoms with E-state index in [9.17, 15) is 27.9 Å². The van der Waals surface area contributed by atoms with Gasteiger partial charge in [0.15, 0.2) is 0 Å². The van der Waals surface area contributed by atoms with E-state index >= 15 is 0 Å². The Bertz CT molecular complexity index is 2080. The molecule has 0 unspecified atom stereocenters. The molecule has 7 rings (SSSR count). The van der Waals surface area contributed by atoms with Gasteiger partial charge >= 0.3 is 6.18 Å². The van der Waals surface area contributed by atoms with Crippen molar-refractivity contribution in [3.05, 3.63) is 118 Å². The highest BCUT2D eigenvalue weighted by Crippen LogP contribution is 2.37. The quantitative estimate of drug-likeness (QED) is 0.183. The number of nitrogens with one attached hydrogen (secondary N) is 1. The lowest BCUT2D eigenvalue weighted by Crippen LogP contribution is -2.52. The van der Waals surface area contributed by atoms with Gasteiger partial charge in [-0.2, -0.15) is 18.3 Å². The number of phenols is 1. The number of rotatable bonds is 8. The predicted molar refractivity (Wildman–Crippen MR) is 190 cm³/mol. The molecule has 14 heteroatoms. The SMILES string of the molecule is Cn1c(-c2cc(Cl)ccc2C(=O)N2Cc3ccccc3C[C@H]2CN2CCOCC2)cc(C(=O)N(c2ccc(O)cc2)c2cn[nH]c2)c1CC(F)(F)F. The molecule has 0 aliphatic carbocycles. The molecule has 3 aromatic carbocycles. The zero-order chi connectivity index (χ0) is 36.6. The molecule has 10 nitrogen and oxygen atoms in total. The molecular weight excluding hydrogens is 697 g/mol. The van der Waals surface area contributed by atoms with E-state index in [2.05, 4.69) is 21.2 Å². The van der Waals surface area contributed by atoms with Crippen molar-refractivity contribution in [3.8, 4) is 17.0 Å². The number of halogens is 4. The van der Waals surface area contributed by atoms with Crippen molar-refractivity contribution in [1.29, 1.82) is 0 Å². The van der Waals surface area contributed by atoms with Crippen molar-refractivity contribution in [1.82, 2.24) is 24.6 Å². The first kappa shape index (κ1) is 35.3. The summed E-state index contributed by atoms with van der Waals surface area (Å²) in [5.41, 5.74) is 3.00. The second-order valence-corrected chi connectivity index (χ2v) is 13.5. The fraction of sp³-hybridized carbons (Fsp3) is 0.289. The largest absolute Gasteiger partial charge is 0.508 e. The molecule has 52 heavy (non-hydrogen) atoms. The summed E-state index contributed by atoms with van der Waals surface area (Å²) in [6.45, 7) is 3.69. The summed E-state index contributed by atoms with van der Waals surface area (Å²) in [5.74, 6) is -1.11. The number of nitrogens with zero attached hydrogens (tertiary/aromatic N) is 5. The van der Waals surface area contributed by atoms with Gasteiger partial charge in [-0.3, -0.25) is 24.5 Å². The molecule has 1 fully saturated rings. The molecule has 5 aromatic rings. The molecule has 0 saturated carbocycles. The van der Waals surface area contributed by atoms with Crippen LogP contribution in [0.15, 0.2) is 85.2 Å². The molecule has 2 aromatic heterocycles. The third kappa shape index (κ3) is 7.29. The average molecular weight is 733 g/mol. The van der Waals surface area contributed by atoms with E-state index in [0.29, 0.717) is 44.0 Å². The number of anilines is 2. The number of hydrogen-bond acceptors (Lipinski definition) is 6. The molecule has 2 aliphatic rings. The fourth-order valence-corrected chi connectivity index (χ4v) is 7.27. The summed E-state index contributed by atoms with van der Waals surface area (Å²) >= 11 is 6.52. The number of aromatic hydroxyl groups is 1. The van der Waals surface area contributed by atoms with Crippen molar-refractivity contribution in [2.45, 2.75) is 31.6 Å². The number of morpholine rings is 1. The first-order valence-corrected chi connectivity index (χ1v) is 17.2. The molecule has 1 atom stereocenters. The summed E-state index contributed by atoms with van der Waals surface area (Å²) in [7, 11) is 1.45. The maximum atomic E-state index is 14.8. The Balaban J connectivity index is 1.32. The number of fused-ring (bicyclic) bond motifs is 1. The van der Waals surface area contributed by atoms with E-state index in [1.807, 2.05) is 23.1 Å². The lowest BCUT2D eigenvalue weighted by Gasteiger charge is -2.40. The van der Waals surface area contributed by atoms with Gasteiger partial charge in [-0.15, -0.1) is 0 Å². The summed E-state index contributed by atoms with van der Waals surface area (Å²) < 4.78 is 49.5. The Kier molecular flexibility index (Phi) is 9.84. The van der Waals surface area contributed by atoms with Gasteiger partial charge in [-0.05, 0) is 66.1 Å². The van der Waals surface area contributed by atoms with Crippen LogP contribution in [0, 0.1) is 0 Å². The van der Waals surface area contributed by atoms with Crippen molar-refractivity contribution >= 4 is 34.8 Å². The van der Waals surface area contributed by atoms with E-state index in [4.69, 9.17) is 16.3 Å². The summed E-state index contributed by atoms with van der Waals surface area (Å²) in [4.78, 5) is 34.5. The maximum Gasteiger partial charge on any atom is 0.394 e. The minimum absolute atomic E-state index is 0.0503. The molecule has 0 bridgehead atoms. The van der Waals surface area contributed by atoms with Gasteiger partial charge in [-0.25, -0.2) is 0 Å². The van der Waals surface area contributed by atoms with Crippen LogP contribution in [-0.2, 0) is 31.2 Å². The third-order valence-electron chi connectivity index (χ3n) is 9.69. The second-order valence-electron chi connectivity index (χ2n) is 13.0. The van der Waals surface area contributed by atoms with E-state index in [-0.39, 0.29) is 50.9 Å². The van der Waals surface area contributed by atoms with E-state index in [1.165, 1.54) is 64.8 Å². The van der Waals surface area contributed by atoms with Crippen molar-refractivity contribution < 1.29 is 32.6 Å². The standard InChI is InChI=1S/C38H36ClF3N6O4/c1-45-34(18-33(35(45)19-38(40,41)42)37(51)48(29-20-43-44-21-29)27-7-9-30(49)10-8-27)32-17-26(39)6-11-31(32)36(50)47-22-25-5-3-2-4-24(25)16-28(47)23-46-12-14-52-15-13-46/h2-11,17-18,20-21,28,49H,12-16,19,22-23H2,1H3,(H,43,44)/t28-/m0/s1. The Morgan fingerprint density at radius 2 is 1.73 bits per heavy atom. The molecule has 0 spiro atoms. The van der Waals surface area contributed by atoms with Gasteiger partial charge in [0.25, 0.3) is 11.8 Å². The number of ether oxygens (including phenoxy) is 1. The Hall–Kier alpha value is -5.11. The molecule has 1 saturated heterocycles. The number of aromatic nitrogens is 3. The number of aromatic amines is 1. The first-order valence-electron chi connectivity index (χ1n) is 16.8. The van der Waals surface area contributed by atoms with Crippen molar-refractivity contribution in [2.75, 3.05) is 37.7 Å². The van der Waals surface area contributed by atoms with Crippen molar-refractivity contribution in [3.63, 3.8) is 0 Å².